The summed E-state index contributed by atoms with van der Waals surface area (Å²) in [6.45, 7) is 9.24. The van der Waals surface area contributed by atoms with Gasteiger partial charge in [-0.2, -0.15) is 0 Å². The Morgan fingerprint density at radius 1 is 1.38 bits per heavy atom. The zero-order chi connectivity index (χ0) is 12.3. The number of carbonyl (C=O) groups is 1. The topological polar surface area (TPSA) is 43.1 Å². The van der Waals surface area contributed by atoms with Crippen molar-refractivity contribution in [1.82, 2.24) is 0 Å². The Labute approximate surface area is 97.2 Å². The van der Waals surface area contributed by atoms with Crippen molar-refractivity contribution in [3.63, 3.8) is 0 Å². The molecule has 0 fully saturated rings. The van der Waals surface area contributed by atoms with E-state index in [0.29, 0.717) is 12.0 Å². The van der Waals surface area contributed by atoms with Gasteiger partial charge in [0, 0.05) is 12.0 Å². The van der Waals surface area contributed by atoms with E-state index in [9.17, 15) is 4.79 Å². The van der Waals surface area contributed by atoms with E-state index >= 15 is 0 Å². The number of ketones is 1. The number of hydrogen-bond acceptors (Lipinski definition) is 2. The highest BCUT2D eigenvalue weighted by Crippen LogP contribution is 2.23. The number of rotatable bonds is 4. The summed E-state index contributed by atoms with van der Waals surface area (Å²) in [7, 11) is 0. The molecule has 2 heteroatoms. The summed E-state index contributed by atoms with van der Waals surface area (Å²) in [4.78, 5) is 11.2. The summed E-state index contributed by atoms with van der Waals surface area (Å²) in [6.07, 6.45) is 0.576. The maximum atomic E-state index is 11.2. The zero-order valence-electron chi connectivity index (χ0n) is 10.2. The molecule has 0 amide bonds. The molecule has 0 saturated carbocycles. The minimum Gasteiger partial charge on any atom is -0.322 e. The number of allylic oxidation sites excluding steroid dienone is 1. The van der Waals surface area contributed by atoms with Crippen LogP contribution in [0.2, 0.25) is 0 Å². The molecule has 0 aliphatic rings. The first-order valence-electron chi connectivity index (χ1n) is 5.38. The molecule has 0 bridgehead atoms. The van der Waals surface area contributed by atoms with Crippen LogP contribution in [0.4, 0.5) is 0 Å². The summed E-state index contributed by atoms with van der Waals surface area (Å²) in [5.74, 6) is 0.0321. The molecule has 2 nitrogen and oxygen atoms in total. The van der Waals surface area contributed by atoms with E-state index < -0.39 is 5.54 Å². The van der Waals surface area contributed by atoms with Crippen LogP contribution >= 0.6 is 0 Å². The van der Waals surface area contributed by atoms with Crippen molar-refractivity contribution in [3.05, 3.63) is 47.5 Å². The zero-order valence-corrected chi connectivity index (χ0v) is 10.2. The SMILES string of the molecule is C=C(Cc1ccccc1C(C)(C)N)C(C)=O. The van der Waals surface area contributed by atoms with Crippen LogP contribution in [0, 0.1) is 0 Å². The van der Waals surface area contributed by atoms with Gasteiger partial charge in [0.2, 0.25) is 0 Å². The lowest BCUT2D eigenvalue weighted by atomic mass is 9.88. The Kier molecular flexibility index (Phi) is 3.66. The molecular weight excluding hydrogens is 198 g/mol. The summed E-state index contributed by atoms with van der Waals surface area (Å²) in [6, 6.07) is 7.92. The minimum atomic E-state index is -0.395. The van der Waals surface area contributed by atoms with E-state index in [0.717, 1.165) is 11.1 Å². The van der Waals surface area contributed by atoms with E-state index in [4.69, 9.17) is 5.73 Å². The van der Waals surface area contributed by atoms with Crippen LogP contribution < -0.4 is 5.73 Å². The second-order valence-electron chi connectivity index (χ2n) is 4.72. The summed E-state index contributed by atoms with van der Waals surface area (Å²) in [5, 5.41) is 0. The van der Waals surface area contributed by atoms with Gasteiger partial charge in [-0.25, -0.2) is 0 Å². The number of hydrogen-bond donors (Lipinski definition) is 1. The van der Waals surface area contributed by atoms with Crippen molar-refractivity contribution in [1.29, 1.82) is 0 Å². The van der Waals surface area contributed by atoms with Gasteiger partial charge < -0.3 is 5.73 Å². The van der Waals surface area contributed by atoms with E-state index in [1.807, 2.05) is 38.1 Å². The molecule has 0 aliphatic heterocycles. The van der Waals surface area contributed by atoms with Crippen molar-refractivity contribution >= 4 is 5.78 Å². The summed E-state index contributed by atoms with van der Waals surface area (Å²) < 4.78 is 0. The Bertz CT molecular complexity index is 413. The van der Waals surface area contributed by atoms with E-state index in [1.165, 1.54) is 0 Å². The first-order valence-corrected chi connectivity index (χ1v) is 5.38. The van der Waals surface area contributed by atoms with E-state index in [1.54, 1.807) is 6.92 Å². The molecule has 0 aliphatic carbocycles. The lowest BCUT2D eigenvalue weighted by Crippen LogP contribution is -2.30. The van der Waals surface area contributed by atoms with Crippen LogP contribution in [0.3, 0.4) is 0 Å². The average molecular weight is 217 g/mol. The Morgan fingerprint density at radius 2 is 1.94 bits per heavy atom. The number of benzene rings is 1. The van der Waals surface area contributed by atoms with Gasteiger partial charge in [-0.15, -0.1) is 0 Å². The largest absolute Gasteiger partial charge is 0.322 e. The predicted octanol–water partition coefficient (Wildman–Crippen LogP) is 2.57. The molecule has 0 saturated heterocycles. The Balaban J connectivity index is 3.05. The molecule has 0 spiro atoms. The van der Waals surface area contributed by atoms with Crippen molar-refractivity contribution in [2.24, 2.45) is 5.73 Å². The quantitative estimate of drug-likeness (QED) is 0.788. The van der Waals surface area contributed by atoms with Gasteiger partial charge in [-0.3, -0.25) is 4.79 Å². The third kappa shape index (κ3) is 3.04. The standard InChI is InChI=1S/C14H19NO/c1-10(11(2)16)9-12-7-5-6-8-13(12)14(3,4)15/h5-8H,1,9,15H2,2-4H3. The van der Waals surface area contributed by atoms with Gasteiger partial charge in [0.15, 0.2) is 5.78 Å². The minimum absolute atomic E-state index is 0.0321. The highest BCUT2D eigenvalue weighted by Gasteiger charge is 2.18. The van der Waals surface area contributed by atoms with Crippen molar-refractivity contribution in [2.75, 3.05) is 0 Å². The lowest BCUT2D eigenvalue weighted by Gasteiger charge is -2.23. The van der Waals surface area contributed by atoms with Gasteiger partial charge in [0.05, 0.1) is 0 Å². The van der Waals surface area contributed by atoms with Crippen LogP contribution in [0.1, 0.15) is 31.9 Å². The third-order valence-corrected chi connectivity index (χ3v) is 2.61. The molecule has 0 atom stereocenters. The third-order valence-electron chi connectivity index (χ3n) is 2.61. The van der Waals surface area contributed by atoms with Crippen LogP contribution in [-0.4, -0.2) is 5.78 Å². The second kappa shape index (κ2) is 4.62. The predicted molar refractivity (Wildman–Crippen MR) is 67.2 cm³/mol. The van der Waals surface area contributed by atoms with Crippen LogP contribution in [0.25, 0.3) is 0 Å². The van der Waals surface area contributed by atoms with E-state index in [2.05, 4.69) is 6.58 Å². The molecule has 86 valence electrons. The molecule has 0 radical (unpaired) electrons. The molecule has 0 unspecified atom stereocenters. The fraction of sp³-hybridized carbons (Fsp3) is 0.357. The van der Waals surface area contributed by atoms with Crippen molar-refractivity contribution in [3.8, 4) is 0 Å². The molecule has 0 heterocycles. The molecule has 16 heavy (non-hydrogen) atoms. The normalized spacial score (nSPS) is 11.2. The molecule has 1 aromatic carbocycles. The average Bonchev–Trinajstić information content (AvgIpc) is 2.16. The van der Waals surface area contributed by atoms with Gasteiger partial charge in [0.25, 0.3) is 0 Å². The monoisotopic (exact) mass is 217 g/mol. The molecular formula is C14H19NO. The number of nitrogens with two attached hydrogens (primary N) is 1. The molecule has 1 rings (SSSR count). The van der Waals surface area contributed by atoms with E-state index in [-0.39, 0.29) is 5.78 Å². The molecule has 1 aromatic rings. The fourth-order valence-corrected chi connectivity index (χ4v) is 1.66. The van der Waals surface area contributed by atoms with Gasteiger partial charge in [-0.1, -0.05) is 30.8 Å². The summed E-state index contributed by atoms with van der Waals surface area (Å²) in [5.41, 5.74) is 8.47. The van der Waals surface area contributed by atoms with Crippen LogP contribution in [0.5, 0.6) is 0 Å². The van der Waals surface area contributed by atoms with Gasteiger partial charge >= 0.3 is 0 Å². The Hall–Kier alpha value is -1.41. The first-order chi connectivity index (χ1) is 7.32. The van der Waals surface area contributed by atoms with Crippen molar-refractivity contribution in [2.45, 2.75) is 32.7 Å². The van der Waals surface area contributed by atoms with Crippen LogP contribution in [0.15, 0.2) is 36.4 Å². The van der Waals surface area contributed by atoms with Crippen molar-refractivity contribution < 1.29 is 4.79 Å². The second-order valence-corrected chi connectivity index (χ2v) is 4.72. The highest BCUT2D eigenvalue weighted by atomic mass is 16.1. The highest BCUT2D eigenvalue weighted by molar-refractivity contribution is 5.93. The maximum absolute atomic E-state index is 11.2. The van der Waals surface area contributed by atoms with Gasteiger partial charge in [0.1, 0.15) is 0 Å². The summed E-state index contributed by atoms with van der Waals surface area (Å²) >= 11 is 0. The smallest absolute Gasteiger partial charge is 0.155 e. The molecule has 2 N–H and O–H groups in total. The van der Waals surface area contributed by atoms with Crippen LogP contribution in [-0.2, 0) is 16.8 Å². The molecule has 0 aromatic heterocycles. The van der Waals surface area contributed by atoms with Gasteiger partial charge in [-0.05, 0) is 37.5 Å². The first kappa shape index (κ1) is 12.7. The number of carbonyl (C=O) groups excluding carboxylic acids is 1. The maximum Gasteiger partial charge on any atom is 0.155 e. The number of Topliss-reactive ketones (excluding diaryl/α,β-unsaturated/α-hetero) is 1. The lowest BCUT2D eigenvalue weighted by molar-refractivity contribution is -0.113. The Morgan fingerprint density at radius 3 is 2.44 bits per heavy atom. The fourth-order valence-electron chi connectivity index (χ4n) is 1.66.